The van der Waals surface area contributed by atoms with E-state index in [2.05, 4.69) is 4.98 Å². The van der Waals surface area contributed by atoms with Crippen LogP contribution in [0.2, 0.25) is 0 Å². The first-order chi connectivity index (χ1) is 14.9. The maximum absolute atomic E-state index is 13.2. The molecule has 0 saturated carbocycles. The highest BCUT2D eigenvalue weighted by Gasteiger charge is 2.20. The minimum absolute atomic E-state index is 0.0378. The second-order valence-electron chi connectivity index (χ2n) is 6.74. The number of para-hydroxylation sites is 1. The Kier molecular flexibility index (Phi) is 7.25. The number of aliphatic hydroxyl groups is 1. The molecular formula is C23H23N3O4S. The summed E-state index contributed by atoms with van der Waals surface area (Å²) < 4.78 is 6.49. The first kappa shape index (κ1) is 22.3. The van der Waals surface area contributed by atoms with Gasteiger partial charge in [0.25, 0.3) is 5.56 Å². The van der Waals surface area contributed by atoms with Crippen LogP contribution >= 0.6 is 11.8 Å². The quantitative estimate of drug-likeness (QED) is 0.138. The summed E-state index contributed by atoms with van der Waals surface area (Å²) in [5.41, 5.74) is 1.04. The van der Waals surface area contributed by atoms with Crippen molar-refractivity contribution in [1.82, 2.24) is 9.55 Å². The van der Waals surface area contributed by atoms with Crippen LogP contribution in [-0.2, 0) is 16.1 Å². The normalized spacial score (nSPS) is 11.8. The van der Waals surface area contributed by atoms with E-state index in [0.29, 0.717) is 22.6 Å². The lowest BCUT2D eigenvalue weighted by Gasteiger charge is -2.14. The Morgan fingerprint density at radius 2 is 1.84 bits per heavy atom. The molecule has 160 valence electrons. The van der Waals surface area contributed by atoms with Gasteiger partial charge in [0.1, 0.15) is 11.3 Å². The molecule has 0 unspecified atom stereocenters. The van der Waals surface area contributed by atoms with Gasteiger partial charge in [0.05, 0.1) is 29.8 Å². The number of hydrogen-bond acceptors (Lipinski definition) is 7. The number of aromatic nitrogens is 2. The average molecular weight is 438 g/mol. The molecule has 8 heteroatoms. The van der Waals surface area contributed by atoms with Crippen LogP contribution < -0.4 is 5.56 Å². The van der Waals surface area contributed by atoms with E-state index in [4.69, 9.17) is 10.1 Å². The van der Waals surface area contributed by atoms with E-state index in [1.165, 1.54) is 6.92 Å². The standard InChI is InChI=1S/C23H23N3O4S/c1-3-30-22(29)20(15(2)24)19(27)14-31-23-25-18-12-8-7-11-17(18)21(28)26(23)13-16-9-5-4-6-10-16/h4-12,24,27H,3,13-14H2,1-2H3/b20-19-,24-15?. The Morgan fingerprint density at radius 3 is 2.52 bits per heavy atom. The molecule has 1 heterocycles. The van der Waals surface area contributed by atoms with E-state index in [0.717, 1.165) is 17.3 Å². The molecule has 0 aliphatic heterocycles. The number of benzene rings is 2. The van der Waals surface area contributed by atoms with Crippen LogP contribution in [0.5, 0.6) is 0 Å². The number of hydrogen-bond donors (Lipinski definition) is 2. The van der Waals surface area contributed by atoms with E-state index >= 15 is 0 Å². The van der Waals surface area contributed by atoms with Gasteiger partial charge in [0.15, 0.2) is 5.16 Å². The van der Waals surface area contributed by atoms with Crippen LogP contribution in [0.1, 0.15) is 19.4 Å². The van der Waals surface area contributed by atoms with Gasteiger partial charge in [-0.2, -0.15) is 0 Å². The largest absolute Gasteiger partial charge is 0.510 e. The molecule has 2 N–H and O–H groups in total. The molecule has 0 spiro atoms. The van der Waals surface area contributed by atoms with Crippen LogP contribution in [0.4, 0.5) is 0 Å². The van der Waals surface area contributed by atoms with E-state index in [1.54, 1.807) is 35.8 Å². The van der Waals surface area contributed by atoms with E-state index in [9.17, 15) is 14.7 Å². The number of carbonyl (C=O) groups excluding carboxylic acids is 1. The first-order valence-electron chi connectivity index (χ1n) is 9.73. The van der Waals surface area contributed by atoms with Crippen molar-refractivity contribution < 1.29 is 14.6 Å². The third-order valence-electron chi connectivity index (χ3n) is 4.49. The fourth-order valence-electron chi connectivity index (χ4n) is 3.06. The first-order valence-corrected chi connectivity index (χ1v) is 10.7. The fraction of sp³-hybridized carbons (Fsp3) is 0.217. The van der Waals surface area contributed by atoms with E-state index < -0.39 is 5.97 Å². The third kappa shape index (κ3) is 5.21. The van der Waals surface area contributed by atoms with Gasteiger partial charge < -0.3 is 15.3 Å². The average Bonchev–Trinajstić information content (AvgIpc) is 2.75. The minimum Gasteiger partial charge on any atom is -0.510 e. The summed E-state index contributed by atoms with van der Waals surface area (Å²) in [4.78, 5) is 29.9. The number of aliphatic hydroxyl groups excluding tert-OH is 1. The maximum atomic E-state index is 13.2. The Hall–Kier alpha value is -3.39. The van der Waals surface area contributed by atoms with Gasteiger partial charge in [-0.1, -0.05) is 54.2 Å². The molecule has 7 nitrogen and oxygen atoms in total. The van der Waals surface area contributed by atoms with Crippen LogP contribution in [0.25, 0.3) is 10.9 Å². The number of thioether (sulfide) groups is 1. The van der Waals surface area contributed by atoms with Crippen LogP contribution in [0.15, 0.2) is 75.9 Å². The van der Waals surface area contributed by atoms with Crippen molar-refractivity contribution in [3.63, 3.8) is 0 Å². The van der Waals surface area contributed by atoms with Crippen molar-refractivity contribution in [2.24, 2.45) is 0 Å². The Morgan fingerprint density at radius 1 is 1.16 bits per heavy atom. The van der Waals surface area contributed by atoms with Gasteiger partial charge in [0, 0.05) is 5.71 Å². The summed E-state index contributed by atoms with van der Waals surface area (Å²) in [5, 5.41) is 19.2. The molecule has 0 fully saturated rings. The SMILES string of the molecule is CCOC(=O)/C(C(C)=N)=C(\O)CSc1nc2ccccc2c(=O)n1Cc1ccccc1. The zero-order chi connectivity index (χ0) is 22.4. The number of esters is 1. The monoisotopic (exact) mass is 437 g/mol. The van der Waals surface area contributed by atoms with Crippen molar-refractivity contribution in [3.8, 4) is 0 Å². The molecule has 1 aromatic heterocycles. The molecule has 0 aliphatic carbocycles. The molecule has 2 aromatic carbocycles. The highest BCUT2D eigenvalue weighted by Crippen LogP contribution is 2.22. The predicted octanol–water partition coefficient (Wildman–Crippen LogP) is 3.95. The molecule has 0 amide bonds. The highest BCUT2D eigenvalue weighted by molar-refractivity contribution is 7.99. The number of fused-ring (bicyclic) bond motifs is 1. The van der Waals surface area contributed by atoms with Crippen LogP contribution in [-0.4, -0.2) is 38.7 Å². The summed E-state index contributed by atoms with van der Waals surface area (Å²) in [6, 6.07) is 16.6. The fourth-order valence-corrected chi connectivity index (χ4v) is 3.94. The number of carbonyl (C=O) groups is 1. The summed E-state index contributed by atoms with van der Waals surface area (Å²) in [6.45, 7) is 3.52. The lowest BCUT2D eigenvalue weighted by atomic mass is 10.1. The number of rotatable bonds is 8. The molecule has 0 saturated heterocycles. The Labute approximate surface area is 183 Å². The van der Waals surface area contributed by atoms with Gasteiger partial charge >= 0.3 is 5.97 Å². The highest BCUT2D eigenvalue weighted by atomic mass is 32.2. The molecule has 0 atom stereocenters. The van der Waals surface area contributed by atoms with Gasteiger partial charge in [-0.05, 0) is 31.5 Å². The lowest BCUT2D eigenvalue weighted by Crippen LogP contribution is -2.24. The second kappa shape index (κ2) is 10.1. The number of nitrogens with one attached hydrogen (secondary N) is 1. The van der Waals surface area contributed by atoms with Crippen molar-refractivity contribution in [1.29, 1.82) is 5.41 Å². The number of nitrogens with zero attached hydrogens (tertiary/aromatic N) is 2. The van der Waals surface area contributed by atoms with Crippen molar-refractivity contribution in [2.75, 3.05) is 12.4 Å². The van der Waals surface area contributed by atoms with Crippen molar-refractivity contribution in [2.45, 2.75) is 25.5 Å². The molecule has 31 heavy (non-hydrogen) atoms. The smallest absolute Gasteiger partial charge is 0.343 e. The maximum Gasteiger partial charge on any atom is 0.343 e. The molecule has 0 aliphatic rings. The Balaban J connectivity index is 2.01. The minimum atomic E-state index is -0.749. The predicted molar refractivity (Wildman–Crippen MR) is 122 cm³/mol. The second-order valence-corrected chi connectivity index (χ2v) is 7.69. The summed E-state index contributed by atoms with van der Waals surface area (Å²) in [5.74, 6) is -1.07. The molecule has 0 radical (unpaired) electrons. The van der Waals surface area contributed by atoms with Crippen molar-refractivity contribution >= 4 is 34.3 Å². The Bertz CT molecular complexity index is 1200. The van der Waals surface area contributed by atoms with E-state index in [1.807, 2.05) is 30.3 Å². The van der Waals surface area contributed by atoms with Crippen LogP contribution in [0.3, 0.4) is 0 Å². The van der Waals surface area contributed by atoms with Gasteiger partial charge in [0.2, 0.25) is 0 Å². The lowest BCUT2D eigenvalue weighted by molar-refractivity contribution is -0.138. The molecule has 0 bridgehead atoms. The summed E-state index contributed by atoms with van der Waals surface area (Å²) in [7, 11) is 0. The molecule has 3 aromatic rings. The van der Waals surface area contributed by atoms with Crippen LogP contribution in [0, 0.1) is 5.41 Å². The molecular weight excluding hydrogens is 414 g/mol. The zero-order valence-electron chi connectivity index (χ0n) is 17.3. The summed E-state index contributed by atoms with van der Waals surface area (Å²) >= 11 is 1.12. The van der Waals surface area contributed by atoms with Gasteiger partial charge in [-0.15, -0.1) is 0 Å². The zero-order valence-corrected chi connectivity index (χ0v) is 18.1. The molecule has 3 rings (SSSR count). The van der Waals surface area contributed by atoms with E-state index in [-0.39, 0.29) is 35.0 Å². The van der Waals surface area contributed by atoms with Gasteiger partial charge in [-0.3, -0.25) is 9.36 Å². The summed E-state index contributed by atoms with van der Waals surface area (Å²) in [6.07, 6.45) is 0. The third-order valence-corrected chi connectivity index (χ3v) is 5.48. The van der Waals surface area contributed by atoms with Gasteiger partial charge in [-0.25, -0.2) is 9.78 Å². The topological polar surface area (TPSA) is 105 Å². The number of ether oxygens (including phenoxy) is 1. The van der Waals surface area contributed by atoms with Crippen molar-refractivity contribution in [3.05, 3.63) is 81.8 Å².